The van der Waals surface area contributed by atoms with E-state index in [9.17, 15) is 21.0 Å². The molecular weight excluding hydrogens is 929 g/mol. The summed E-state index contributed by atoms with van der Waals surface area (Å²) in [5.41, 5.74) is 16.6. The molecule has 0 aliphatic heterocycles. The van der Waals surface area contributed by atoms with Crippen LogP contribution in [0, 0.1) is 45.3 Å². The Morgan fingerprint density at radius 3 is 1.24 bits per heavy atom. The number of thiophene rings is 4. The maximum absolute atomic E-state index is 9.33. The fourth-order valence-electron chi connectivity index (χ4n) is 9.71. The van der Waals surface area contributed by atoms with Crippen LogP contribution in [-0.4, -0.2) is 17.5 Å². The molecule has 6 heterocycles. The molecular formula is C52H28N8S6. The fourth-order valence-corrected chi connectivity index (χ4v) is 16.5. The van der Waals surface area contributed by atoms with Crippen LogP contribution in [-0.2, 0) is 10.8 Å². The third-order valence-corrected chi connectivity index (χ3v) is 18.9. The van der Waals surface area contributed by atoms with Gasteiger partial charge in [0.15, 0.2) is 0 Å². The number of aromatic nitrogens is 4. The van der Waals surface area contributed by atoms with Crippen LogP contribution in [0.4, 0.5) is 0 Å². The molecule has 2 aliphatic carbocycles. The molecule has 66 heavy (non-hydrogen) atoms. The van der Waals surface area contributed by atoms with Gasteiger partial charge in [0, 0.05) is 62.3 Å². The first kappa shape index (κ1) is 40.5. The lowest BCUT2D eigenvalue weighted by Gasteiger charge is -2.23. The van der Waals surface area contributed by atoms with Crippen molar-refractivity contribution < 1.29 is 0 Å². The van der Waals surface area contributed by atoms with Crippen molar-refractivity contribution in [2.45, 2.75) is 38.5 Å². The zero-order chi connectivity index (χ0) is 45.2. The molecule has 0 atom stereocenters. The minimum Gasteiger partial charge on any atom is -0.192 e. The van der Waals surface area contributed by atoms with Crippen LogP contribution in [0.15, 0.2) is 96.1 Å². The first-order valence-electron chi connectivity index (χ1n) is 20.7. The van der Waals surface area contributed by atoms with Crippen molar-refractivity contribution in [2.75, 3.05) is 0 Å². The molecule has 0 saturated carbocycles. The molecule has 0 radical (unpaired) electrons. The smallest absolute Gasteiger partial charge is 0.130 e. The highest BCUT2D eigenvalue weighted by Crippen LogP contribution is 2.64. The molecule has 4 aromatic carbocycles. The number of hydrogen-bond donors (Lipinski definition) is 0. The molecule has 2 aliphatic rings. The van der Waals surface area contributed by atoms with Crippen LogP contribution in [0.1, 0.15) is 61.1 Å². The number of nitrogens with zero attached hydrogens (tertiary/aromatic N) is 8. The Labute approximate surface area is 402 Å². The average Bonchev–Trinajstić information content (AvgIpc) is 4.19. The molecule has 0 amide bonds. The van der Waals surface area contributed by atoms with Crippen molar-refractivity contribution in [1.29, 1.82) is 21.0 Å². The number of hydrogen-bond acceptors (Lipinski definition) is 14. The van der Waals surface area contributed by atoms with Gasteiger partial charge in [-0.15, -0.1) is 45.3 Å². The van der Waals surface area contributed by atoms with Crippen molar-refractivity contribution in [1.82, 2.24) is 17.5 Å². The molecule has 10 aromatic rings. The summed E-state index contributed by atoms with van der Waals surface area (Å²) in [5.74, 6) is 0. The van der Waals surface area contributed by atoms with Gasteiger partial charge < -0.3 is 0 Å². The number of nitriles is 4. The second-order valence-electron chi connectivity index (χ2n) is 17.3. The van der Waals surface area contributed by atoms with Gasteiger partial charge in [-0.05, 0) is 93.1 Å². The third-order valence-electron chi connectivity index (χ3n) is 12.9. The maximum Gasteiger partial charge on any atom is 0.130 e. The quantitative estimate of drug-likeness (QED) is 0.150. The molecule has 12 rings (SSSR count). The first-order chi connectivity index (χ1) is 32.0. The van der Waals surface area contributed by atoms with Crippen molar-refractivity contribution in [3.05, 3.63) is 129 Å². The molecule has 312 valence electrons. The minimum absolute atomic E-state index is 0.0325. The van der Waals surface area contributed by atoms with Crippen molar-refractivity contribution in [2.24, 2.45) is 0 Å². The molecule has 0 unspecified atom stereocenters. The molecule has 14 heteroatoms. The van der Waals surface area contributed by atoms with E-state index in [1.807, 2.05) is 71.2 Å². The molecule has 0 spiro atoms. The van der Waals surface area contributed by atoms with Crippen molar-refractivity contribution >= 4 is 112 Å². The lowest BCUT2D eigenvalue weighted by molar-refractivity contribution is 0.665. The summed E-state index contributed by atoms with van der Waals surface area (Å²) in [7, 11) is 0. The van der Waals surface area contributed by atoms with Gasteiger partial charge in [0.05, 0.1) is 32.9 Å². The van der Waals surface area contributed by atoms with E-state index in [1.54, 1.807) is 34.8 Å². The second-order valence-corrected chi connectivity index (χ2v) is 22.5. The minimum atomic E-state index is -0.188. The van der Waals surface area contributed by atoms with Gasteiger partial charge in [-0.2, -0.15) is 38.5 Å². The number of rotatable bonds is 6. The van der Waals surface area contributed by atoms with Gasteiger partial charge in [0.25, 0.3) is 0 Å². The van der Waals surface area contributed by atoms with Crippen LogP contribution >= 0.6 is 68.8 Å². The summed E-state index contributed by atoms with van der Waals surface area (Å²) in [6.45, 7) is 9.52. The summed E-state index contributed by atoms with van der Waals surface area (Å²) in [5, 5.41) is 37.3. The molecule has 0 saturated heterocycles. The summed E-state index contributed by atoms with van der Waals surface area (Å²) in [4.78, 5) is 7.28. The number of allylic oxidation sites excluding steroid dienone is 2. The lowest BCUT2D eigenvalue weighted by atomic mass is 9.80. The average molecular weight is 957 g/mol. The van der Waals surface area contributed by atoms with E-state index in [-0.39, 0.29) is 22.0 Å². The number of benzene rings is 4. The van der Waals surface area contributed by atoms with Crippen LogP contribution in [0.3, 0.4) is 0 Å². The van der Waals surface area contributed by atoms with Crippen LogP contribution in [0.5, 0.6) is 0 Å². The van der Waals surface area contributed by atoms with Crippen molar-refractivity contribution in [3.8, 4) is 86.9 Å². The summed E-state index contributed by atoms with van der Waals surface area (Å²) in [6.07, 6.45) is 3.14. The van der Waals surface area contributed by atoms with E-state index >= 15 is 0 Å². The molecule has 0 fully saturated rings. The highest BCUT2D eigenvalue weighted by Gasteiger charge is 2.45. The Bertz CT molecular complexity index is 3720. The van der Waals surface area contributed by atoms with Crippen LogP contribution < -0.4 is 0 Å². The number of fused-ring (bicyclic) bond motifs is 11. The normalized spacial score (nSPS) is 13.6. The van der Waals surface area contributed by atoms with Crippen LogP contribution in [0.2, 0.25) is 0 Å². The maximum atomic E-state index is 9.33. The fraction of sp³-hybridized carbons (Fsp3) is 0.115. The predicted octanol–water partition coefficient (Wildman–Crippen LogP) is 15.2. The molecule has 0 N–H and O–H groups in total. The largest absolute Gasteiger partial charge is 0.192 e. The van der Waals surface area contributed by atoms with E-state index in [4.69, 9.17) is 0 Å². The summed E-state index contributed by atoms with van der Waals surface area (Å²) >= 11 is 9.64. The van der Waals surface area contributed by atoms with Gasteiger partial charge in [-0.25, -0.2) is 0 Å². The predicted molar refractivity (Wildman–Crippen MR) is 273 cm³/mol. The zero-order valence-corrected chi connectivity index (χ0v) is 40.2. The highest BCUT2D eigenvalue weighted by atomic mass is 32.1. The van der Waals surface area contributed by atoms with E-state index in [0.717, 1.165) is 55.4 Å². The Balaban J connectivity index is 0.856. The van der Waals surface area contributed by atoms with Gasteiger partial charge in [-0.1, -0.05) is 76.2 Å². The van der Waals surface area contributed by atoms with Crippen LogP contribution in [0.25, 0.3) is 106 Å². The van der Waals surface area contributed by atoms with Gasteiger partial charge in [0.1, 0.15) is 57.5 Å². The molecule has 6 aromatic heterocycles. The van der Waals surface area contributed by atoms with Crippen molar-refractivity contribution in [3.63, 3.8) is 0 Å². The molecule has 8 nitrogen and oxygen atoms in total. The van der Waals surface area contributed by atoms with E-state index in [2.05, 4.69) is 106 Å². The summed E-state index contributed by atoms with van der Waals surface area (Å²) in [6, 6.07) is 38.3. The Kier molecular flexibility index (Phi) is 9.07. The van der Waals surface area contributed by atoms with Gasteiger partial charge >= 0.3 is 0 Å². The zero-order valence-electron chi connectivity index (χ0n) is 35.3. The monoisotopic (exact) mass is 956 g/mol. The van der Waals surface area contributed by atoms with Gasteiger partial charge in [0.2, 0.25) is 0 Å². The van der Waals surface area contributed by atoms with E-state index < -0.39 is 0 Å². The second kappa shape index (κ2) is 14.8. The Hall–Kier alpha value is -6.98. The molecule has 0 bridgehead atoms. The summed E-state index contributed by atoms with van der Waals surface area (Å²) < 4.78 is 21.1. The standard InChI is InChI=1S/C52H28N8S6/c1-51(2)35-19-27(37-13-15-39(61-37)33-11-7-29(17-25(21-53)22-54)43-45(33)59-65-57-43)5-9-31(35)47-41(51)49-50(63-47)42-48(64-49)32-10-6-28(20-36(32)52(42,3)4)38-14-16-40(62-38)34-12-8-30(18-26(23-55)24-56)44-46(34)60-66-58-44/h5-20H,1-4H3. The SMILES string of the molecule is CC1(C)c2cc(-c3ccc(-c4ccc(C=C(C#N)C#N)c5nsnc45)s3)ccc2-c2sc3c4c(sc3c21)-c1ccc(-c2ccc(-c3ccc(C=C(C#N)C#N)c5nsnc35)s2)cc1C4(C)C. The van der Waals surface area contributed by atoms with Gasteiger partial charge in [-0.3, -0.25) is 0 Å². The first-order valence-corrected chi connectivity index (χ1v) is 25.4. The van der Waals surface area contributed by atoms with E-state index in [1.165, 1.54) is 73.4 Å². The topological polar surface area (TPSA) is 147 Å². The highest BCUT2D eigenvalue weighted by molar-refractivity contribution is 7.32. The van der Waals surface area contributed by atoms with E-state index in [0.29, 0.717) is 22.2 Å². The Morgan fingerprint density at radius 2 is 0.833 bits per heavy atom. The Morgan fingerprint density at radius 1 is 0.455 bits per heavy atom. The lowest BCUT2D eigenvalue weighted by Crippen LogP contribution is -2.15. The third kappa shape index (κ3) is 5.84.